The molecule has 2 aliphatic rings. The number of fused-ring (bicyclic) bond motifs is 2. The van der Waals surface area contributed by atoms with Gasteiger partial charge in [0.15, 0.2) is 0 Å². The van der Waals surface area contributed by atoms with Gasteiger partial charge in [0.05, 0.1) is 13.2 Å². The molecule has 1 aliphatic heterocycles. The van der Waals surface area contributed by atoms with Crippen molar-refractivity contribution in [2.24, 2.45) is 0 Å². The summed E-state index contributed by atoms with van der Waals surface area (Å²) < 4.78 is 5.78. The zero-order valence-electron chi connectivity index (χ0n) is 14.3. The second kappa shape index (κ2) is 6.89. The van der Waals surface area contributed by atoms with E-state index in [0.29, 0.717) is 32.0 Å². The van der Waals surface area contributed by atoms with Crippen LogP contribution in [0.1, 0.15) is 41.0 Å². The molecular weight excluding hydrogens is 314 g/mol. The molecule has 1 amide bonds. The van der Waals surface area contributed by atoms with Gasteiger partial charge in [-0.2, -0.15) is 0 Å². The molecule has 0 saturated heterocycles. The number of carbonyl (C=O) groups is 1. The molecule has 0 aromatic heterocycles. The number of hydrogen-bond donors (Lipinski definition) is 1. The van der Waals surface area contributed by atoms with Crippen molar-refractivity contribution < 1.29 is 14.6 Å². The van der Waals surface area contributed by atoms with Gasteiger partial charge in [-0.25, -0.2) is 0 Å². The molecule has 1 atom stereocenters. The molecule has 0 radical (unpaired) electrons. The molecule has 1 heterocycles. The summed E-state index contributed by atoms with van der Waals surface area (Å²) in [5, 5.41) is 9.35. The third-order valence-corrected chi connectivity index (χ3v) is 5.32. The van der Waals surface area contributed by atoms with Crippen LogP contribution in [0.3, 0.4) is 0 Å². The quantitative estimate of drug-likeness (QED) is 0.937. The van der Waals surface area contributed by atoms with Crippen LogP contribution in [0.15, 0.2) is 42.5 Å². The fourth-order valence-corrected chi connectivity index (χ4v) is 3.96. The van der Waals surface area contributed by atoms with E-state index in [0.717, 1.165) is 29.7 Å². The van der Waals surface area contributed by atoms with Crippen LogP contribution in [0.5, 0.6) is 5.75 Å². The second-order valence-corrected chi connectivity index (χ2v) is 6.90. The van der Waals surface area contributed by atoms with Crippen LogP contribution in [0.4, 0.5) is 0 Å². The van der Waals surface area contributed by atoms with E-state index in [1.54, 1.807) is 0 Å². The van der Waals surface area contributed by atoms with Crippen LogP contribution in [-0.2, 0) is 24.4 Å². The van der Waals surface area contributed by atoms with Gasteiger partial charge in [-0.3, -0.25) is 4.79 Å². The Balaban J connectivity index is 1.49. The number of aliphatic hydroxyl groups is 1. The minimum atomic E-state index is 0.0000839. The van der Waals surface area contributed by atoms with Gasteiger partial charge in [-0.1, -0.05) is 30.3 Å². The lowest BCUT2D eigenvalue weighted by Crippen LogP contribution is -2.33. The standard InChI is InChI=1S/C21H23NO3/c23-14-15-5-8-20-18(11-15)13-22(9-10-25-20)21(24)12-17-7-6-16-3-1-2-4-19(16)17/h1-5,8,11,17,23H,6-7,9-10,12-14H2/t17-/m1/s1. The minimum Gasteiger partial charge on any atom is -0.491 e. The van der Waals surface area contributed by atoms with Crippen LogP contribution >= 0.6 is 0 Å². The molecule has 25 heavy (non-hydrogen) atoms. The Hall–Kier alpha value is -2.33. The summed E-state index contributed by atoms with van der Waals surface area (Å²) in [6, 6.07) is 14.2. The molecule has 130 valence electrons. The van der Waals surface area contributed by atoms with Gasteiger partial charge >= 0.3 is 0 Å². The Morgan fingerprint density at radius 3 is 2.96 bits per heavy atom. The summed E-state index contributed by atoms with van der Waals surface area (Å²) in [5.74, 6) is 1.34. The van der Waals surface area contributed by atoms with Gasteiger partial charge in [0.25, 0.3) is 0 Å². The number of amides is 1. The third-order valence-electron chi connectivity index (χ3n) is 5.32. The minimum absolute atomic E-state index is 0.0000839. The van der Waals surface area contributed by atoms with Crippen LogP contribution in [0.25, 0.3) is 0 Å². The second-order valence-electron chi connectivity index (χ2n) is 6.90. The van der Waals surface area contributed by atoms with Crippen molar-refractivity contribution in [1.29, 1.82) is 0 Å². The number of ether oxygens (including phenoxy) is 1. The molecule has 0 fully saturated rings. The van der Waals surface area contributed by atoms with E-state index in [2.05, 4.69) is 24.3 Å². The Kier molecular flexibility index (Phi) is 4.45. The number of benzene rings is 2. The van der Waals surface area contributed by atoms with Crippen LogP contribution in [0.2, 0.25) is 0 Å². The number of hydrogen-bond acceptors (Lipinski definition) is 3. The van der Waals surface area contributed by atoms with Crippen LogP contribution in [0, 0.1) is 0 Å². The Bertz CT molecular complexity index is 786. The zero-order chi connectivity index (χ0) is 17.2. The molecular formula is C21H23NO3. The van der Waals surface area contributed by atoms with Gasteiger partial charge in [0, 0.05) is 18.5 Å². The zero-order valence-corrected chi connectivity index (χ0v) is 14.3. The van der Waals surface area contributed by atoms with Crippen molar-refractivity contribution in [2.45, 2.75) is 38.3 Å². The summed E-state index contributed by atoms with van der Waals surface area (Å²) in [7, 11) is 0. The third kappa shape index (κ3) is 3.27. The lowest BCUT2D eigenvalue weighted by atomic mass is 9.97. The van der Waals surface area contributed by atoms with Crippen molar-refractivity contribution in [1.82, 2.24) is 4.90 Å². The lowest BCUT2D eigenvalue weighted by molar-refractivity contribution is -0.132. The monoisotopic (exact) mass is 337 g/mol. The van der Waals surface area contributed by atoms with Gasteiger partial charge in [0.2, 0.25) is 5.91 Å². The normalized spacial score (nSPS) is 18.9. The van der Waals surface area contributed by atoms with Gasteiger partial charge in [0.1, 0.15) is 12.4 Å². The van der Waals surface area contributed by atoms with E-state index in [1.165, 1.54) is 11.1 Å². The summed E-state index contributed by atoms with van der Waals surface area (Å²) in [6.07, 6.45) is 2.69. The van der Waals surface area contributed by atoms with E-state index >= 15 is 0 Å². The maximum absolute atomic E-state index is 12.9. The predicted octanol–water partition coefficient (Wildman–Crippen LogP) is 3.02. The summed E-state index contributed by atoms with van der Waals surface area (Å²) in [5.41, 5.74) is 4.55. The van der Waals surface area contributed by atoms with Crippen molar-refractivity contribution in [3.8, 4) is 5.75 Å². The number of aryl methyl sites for hydroxylation is 1. The molecule has 4 heteroatoms. The first kappa shape index (κ1) is 16.2. The highest BCUT2D eigenvalue weighted by Gasteiger charge is 2.27. The van der Waals surface area contributed by atoms with E-state index < -0.39 is 0 Å². The number of nitrogens with zero attached hydrogens (tertiary/aromatic N) is 1. The van der Waals surface area contributed by atoms with E-state index in [4.69, 9.17) is 4.74 Å². The molecule has 0 bridgehead atoms. The van der Waals surface area contributed by atoms with Crippen molar-refractivity contribution >= 4 is 5.91 Å². The van der Waals surface area contributed by atoms with Gasteiger partial charge in [-0.15, -0.1) is 0 Å². The first-order valence-electron chi connectivity index (χ1n) is 8.95. The maximum atomic E-state index is 12.9. The van der Waals surface area contributed by atoms with E-state index in [9.17, 15) is 9.90 Å². The highest BCUT2D eigenvalue weighted by Crippen LogP contribution is 2.36. The van der Waals surface area contributed by atoms with Crippen LogP contribution < -0.4 is 4.74 Å². The maximum Gasteiger partial charge on any atom is 0.223 e. The van der Waals surface area contributed by atoms with Crippen molar-refractivity contribution in [2.75, 3.05) is 13.2 Å². The predicted molar refractivity (Wildman–Crippen MR) is 95.4 cm³/mol. The first-order chi connectivity index (χ1) is 12.2. The molecule has 2 aromatic rings. The Morgan fingerprint density at radius 1 is 1.20 bits per heavy atom. The molecule has 4 nitrogen and oxygen atoms in total. The molecule has 1 aliphatic carbocycles. The number of carbonyl (C=O) groups excluding carboxylic acids is 1. The first-order valence-corrected chi connectivity index (χ1v) is 8.95. The van der Waals surface area contributed by atoms with E-state index in [1.807, 2.05) is 23.1 Å². The largest absolute Gasteiger partial charge is 0.491 e. The Labute approximate surface area is 148 Å². The van der Waals surface area contributed by atoms with Gasteiger partial charge < -0.3 is 14.7 Å². The Morgan fingerprint density at radius 2 is 2.08 bits per heavy atom. The van der Waals surface area contributed by atoms with Gasteiger partial charge in [-0.05, 0) is 47.6 Å². The van der Waals surface area contributed by atoms with E-state index in [-0.39, 0.29) is 12.5 Å². The van der Waals surface area contributed by atoms with Crippen molar-refractivity contribution in [3.63, 3.8) is 0 Å². The molecule has 4 rings (SSSR count). The molecule has 0 spiro atoms. The summed E-state index contributed by atoms with van der Waals surface area (Å²) in [4.78, 5) is 14.8. The topological polar surface area (TPSA) is 49.8 Å². The fourth-order valence-electron chi connectivity index (χ4n) is 3.96. The highest BCUT2D eigenvalue weighted by molar-refractivity contribution is 5.77. The molecule has 0 unspecified atom stereocenters. The average Bonchev–Trinajstić information content (AvgIpc) is 2.92. The SMILES string of the molecule is O=C(C[C@H]1CCc2ccccc21)N1CCOc2ccc(CO)cc2C1. The lowest BCUT2D eigenvalue weighted by Gasteiger charge is -2.22. The number of rotatable bonds is 3. The molecule has 1 N–H and O–H groups in total. The smallest absolute Gasteiger partial charge is 0.223 e. The highest BCUT2D eigenvalue weighted by atomic mass is 16.5. The molecule has 0 saturated carbocycles. The fraction of sp³-hybridized carbons (Fsp3) is 0.381. The number of aliphatic hydroxyl groups excluding tert-OH is 1. The van der Waals surface area contributed by atoms with Crippen LogP contribution in [-0.4, -0.2) is 29.1 Å². The molecule has 2 aromatic carbocycles. The average molecular weight is 337 g/mol. The van der Waals surface area contributed by atoms with Crippen molar-refractivity contribution in [3.05, 3.63) is 64.7 Å². The summed E-state index contributed by atoms with van der Waals surface area (Å²) in [6.45, 7) is 1.67. The summed E-state index contributed by atoms with van der Waals surface area (Å²) >= 11 is 0.